The predicted octanol–water partition coefficient (Wildman–Crippen LogP) is 7.73. The number of amides is 3. The smallest absolute Gasteiger partial charge is 0.265 e. The van der Waals surface area contributed by atoms with E-state index < -0.39 is 0 Å². The van der Waals surface area contributed by atoms with Crippen LogP contribution in [0.25, 0.3) is 33.6 Å². The number of pyridine rings is 2. The van der Waals surface area contributed by atoms with Crippen molar-refractivity contribution >= 4 is 29.1 Å². The summed E-state index contributed by atoms with van der Waals surface area (Å²) in [7, 11) is 0. The van der Waals surface area contributed by atoms with Crippen LogP contribution in [-0.2, 0) is 35.3 Å². The Balaban J connectivity index is 0.000000171. The van der Waals surface area contributed by atoms with Gasteiger partial charge in [-0.1, -0.05) is 74.5 Å². The second-order valence-electron chi connectivity index (χ2n) is 15.9. The number of H-pyrrole nitrogens is 1. The Bertz CT molecular complexity index is 2690. The summed E-state index contributed by atoms with van der Waals surface area (Å²) in [6, 6.07) is 36.0. The molecule has 12 heteroatoms. The number of nitrogens with one attached hydrogen (secondary N) is 2. The number of nitrogen functional groups attached to an aromatic ring is 1. The van der Waals surface area contributed by atoms with Crippen molar-refractivity contribution in [2.45, 2.75) is 46.5 Å². The van der Waals surface area contributed by atoms with E-state index in [2.05, 4.69) is 54.8 Å². The molecule has 2 aliphatic rings. The molecule has 5 heterocycles. The maximum Gasteiger partial charge on any atom is 0.265 e. The molecule has 0 saturated carbocycles. The minimum atomic E-state index is -0.353. The van der Waals surface area contributed by atoms with Gasteiger partial charge in [0.15, 0.2) is 5.82 Å². The normalized spacial score (nSPS) is 13.7. The number of aromatic amines is 1. The van der Waals surface area contributed by atoms with Crippen LogP contribution < -0.4 is 21.1 Å². The van der Waals surface area contributed by atoms with Gasteiger partial charge in [0.2, 0.25) is 11.8 Å². The van der Waals surface area contributed by atoms with Crippen molar-refractivity contribution in [3.05, 3.63) is 168 Å². The van der Waals surface area contributed by atoms with Gasteiger partial charge in [0.25, 0.3) is 5.91 Å². The lowest BCUT2D eigenvalue weighted by molar-refractivity contribution is -0.122. The number of carbonyl (C=O) groups is 3. The van der Waals surface area contributed by atoms with Gasteiger partial charge in [-0.3, -0.25) is 34.9 Å². The number of aromatic nitrogens is 5. The van der Waals surface area contributed by atoms with Gasteiger partial charge in [-0.05, 0) is 126 Å². The molecule has 3 amide bonds. The van der Waals surface area contributed by atoms with E-state index >= 15 is 0 Å². The number of benzene rings is 4. The van der Waals surface area contributed by atoms with E-state index in [-0.39, 0.29) is 29.6 Å². The summed E-state index contributed by atoms with van der Waals surface area (Å²) in [5.41, 5.74) is 13.6. The number of anilines is 2. The zero-order chi connectivity index (χ0) is 43.2. The van der Waals surface area contributed by atoms with Crippen molar-refractivity contribution in [3.63, 3.8) is 0 Å². The highest BCUT2D eigenvalue weighted by Gasteiger charge is 2.33. The van der Waals surface area contributed by atoms with E-state index in [0.29, 0.717) is 37.3 Å². The third-order valence-corrected chi connectivity index (χ3v) is 11.6. The monoisotopic (exact) mass is 823 g/mol. The SMILES string of the molecule is C[C@@H](Cc1ccccc1)C(=O)N1CCc2c(C(=O)NN)cc(-c3ccncc3)cc21.Cc1nc(-c2cc(-c3ccncc3)cc3c2CCN3C(=O)[C@@H](C)Cc2ccccc2)n[nH]1. The molecule has 0 spiro atoms. The molecule has 12 nitrogen and oxygen atoms in total. The van der Waals surface area contributed by atoms with Crippen LogP contribution in [0, 0.1) is 18.8 Å². The first kappa shape index (κ1) is 41.4. The van der Waals surface area contributed by atoms with E-state index in [1.165, 1.54) is 5.56 Å². The third kappa shape index (κ3) is 8.91. The lowest BCUT2D eigenvalue weighted by Gasteiger charge is -2.23. The summed E-state index contributed by atoms with van der Waals surface area (Å²) in [6.07, 6.45) is 9.78. The van der Waals surface area contributed by atoms with E-state index in [0.717, 1.165) is 74.5 Å². The molecule has 4 N–H and O–H groups in total. The summed E-state index contributed by atoms with van der Waals surface area (Å²) in [6.45, 7) is 7.08. The lowest BCUT2D eigenvalue weighted by Crippen LogP contribution is -2.34. The fraction of sp³-hybridized carbons (Fsp3) is 0.220. The summed E-state index contributed by atoms with van der Waals surface area (Å²) < 4.78 is 0. The standard InChI is InChI=1S/C26H25N5O.C24H24N4O2/c1-17(14-19-6-4-3-5-7-19)26(32)31-13-10-22-23(25-28-18(2)29-30-25)15-21(16-24(22)31)20-8-11-27-12-9-20;1-16(13-17-5-3-2-4-6-17)24(30)28-12-9-20-21(23(29)27-25)14-19(15-22(20)28)18-7-10-26-11-8-18/h3-9,11-12,15-17H,10,13-14H2,1-2H3,(H,28,29,30);2-8,10-11,14-16H,9,12-13,25H2,1H3,(H,27,29)/t17-;16-/m00/s1. The number of hydrogen-bond donors (Lipinski definition) is 3. The number of carbonyl (C=O) groups excluding carboxylic acids is 3. The van der Waals surface area contributed by atoms with Crippen molar-refractivity contribution in [3.8, 4) is 33.6 Å². The number of hydrogen-bond acceptors (Lipinski definition) is 8. The Morgan fingerprint density at radius 3 is 1.63 bits per heavy atom. The van der Waals surface area contributed by atoms with Crippen LogP contribution in [0.3, 0.4) is 0 Å². The molecule has 3 aromatic heterocycles. The minimum Gasteiger partial charge on any atom is -0.312 e. The Kier molecular flexibility index (Phi) is 12.4. The molecule has 0 saturated heterocycles. The summed E-state index contributed by atoms with van der Waals surface area (Å²) >= 11 is 0. The van der Waals surface area contributed by atoms with Crippen LogP contribution in [-0.4, -0.2) is 56.0 Å². The van der Waals surface area contributed by atoms with Gasteiger partial charge in [0.1, 0.15) is 5.82 Å². The van der Waals surface area contributed by atoms with Crippen LogP contribution in [0.1, 0.15) is 52.3 Å². The van der Waals surface area contributed by atoms with Gasteiger partial charge >= 0.3 is 0 Å². The quantitative estimate of drug-likeness (QED) is 0.0717. The third-order valence-electron chi connectivity index (χ3n) is 11.6. The Morgan fingerprint density at radius 2 is 1.15 bits per heavy atom. The fourth-order valence-electron chi connectivity index (χ4n) is 8.47. The predicted molar refractivity (Wildman–Crippen MR) is 242 cm³/mol. The van der Waals surface area contributed by atoms with Crippen molar-refractivity contribution in [2.24, 2.45) is 17.7 Å². The first-order valence-electron chi connectivity index (χ1n) is 20.9. The van der Waals surface area contributed by atoms with Crippen molar-refractivity contribution in [2.75, 3.05) is 22.9 Å². The maximum atomic E-state index is 13.5. The first-order valence-corrected chi connectivity index (χ1v) is 20.9. The van der Waals surface area contributed by atoms with E-state index in [1.807, 2.05) is 111 Å². The molecule has 2 atom stereocenters. The molecule has 2 aliphatic heterocycles. The number of rotatable bonds is 10. The topological polar surface area (TPSA) is 163 Å². The van der Waals surface area contributed by atoms with E-state index in [1.54, 1.807) is 29.7 Å². The molecule has 0 bridgehead atoms. The van der Waals surface area contributed by atoms with Crippen LogP contribution in [0.15, 0.2) is 134 Å². The van der Waals surface area contributed by atoms with Gasteiger partial charge in [-0.15, -0.1) is 0 Å². The molecule has 0 radical (unpaired) electrons. The number of nitrogens with two attached hydrogens (primary N) is 1. The molecule has 0 unspecified atom stereocenters. The molecule has 0 aliphatic carbocycles. The number of aryl methyl sites for hydroxylation is 1. The van der Waals surface area contributed by atoms with Gasteiger partial charge in [-0.25, -0.2) is 10.8 Å². The Hall–Kier alpha value is -7.31. The van der Waals surface area contributed by atoms with Gasteiger partial charge < -0.3 is 9.80 Å². The lowest BCUT2D eigenvalue weighted by atomic mass is 9.96. The minimum absolute atomic E-state index is 0.0589. The number of hydrazine groups is 1. The molecule has 0 fully saturated rings. The maximum absolute atomic E-state index is 13.5. The molecule has 312 valence electrons. The van der Waals surface area contributed by atoms with Crippen LogP contribution in [0.4, 0.5) is 11.4 Å². The second-order valence-corrected chi connectivity index (χ2v) is 15.9. The van der Waals surface area contributed by atoms with Crippen LogP contribution in [0.2, 0.25) is 0 Å². The average molecular weight is 824 g/mol. The largest absolute Gasteiger partial charge is 0.312 e. The summed E-state index contributed by atoms with van der Waals surface area (Å²) in [4.78, 5) is 55.8. The highest BCUT2D eigenvalue weighted by Crippen LogP contribution is 2.41. The highest BCUT2D eigenvalue weighted by molar-refractivity contribution is 6.04. The summed E-state index contributed by atoms with van der Waals surface area (Å²) in [5.74, 6) is 6.44. The van der Waals surface area contributed by atoms with E-state index in [9.17, 15) is 14.4 Å². The van der Waals surface area contributed by atoms with Crippen molar-refractivity contribution in [1.29, 1.82) is 0 Å². The average Bonchev–Trinajstić information content (AvgIpc) is 4.07. The second kappa shape index (κ2) is 18.5. The highest BCUT2D eigenvalue weighted by atomic mass is 16.2. The van der Waals surface area contributed by atoms with Crippen LogP contribution in [0.5, 0.6) is 0 Å². The Morgan fingerprint density at radius 1 is 0.661 bits per heavy atom. The first-order chi connectivity index (χ1) is 30.2. The van der Waals surface area contributed by atoms with Gasteiger partial charge in [0.05, 0.1) is 0 Å². The van der Waals surface area contributed by atoms with E-state index in [4.69, 9.17) is 5.84 Å². The fourth-order valence-corrected chi connectivity index (χ4v) is 8.47. The molecular formula is C50H49N9O3. The Labute approximate surface area is 361 Å². The zero-order valence-electron chi connectivity index (χ0n) is 35.1. The molecule has 7 aromatic rings. The molecule has 9 rings (SSSR count). The van der Waals surface area contributed by atoms with Gasteiger partial charge in [-0.2, -0.15) is 5.10 Å². The van der Waals surface area contributed by atoms with Gasteiger partial charge in [0, 0.05) is 72.2 Å². The number of fused-ring (bicyclic) bond motifs is 2. The van der Waals surface area contributed by atoms with Crippen LogP contribution >= 0.6 is 0 Å². The molecule has 4 aromatic carbocycles. The molecular weight excluding hydrogens is 775 g/mol. The van der Waals surface area contributed by atoms with Crippen molar-refractivity contribution in [1.82, 2.24) is 30.6 Å². The molecule has 62 heavy (non-hydrogen) atoms. The van der Waals surface area contributed by atoms with Crippen molar-refractivity contribution < 1.29 is 14.4 Å². The zero-order valence-corrected chi connectivity index (χ0v) is 35.1. The summed E-state index contributed by atoms with van der Waals surface area (Å²) in [5, 5.41) is 7.35. The number of nitrogens with zero attached hydrogens (tertiary/aromatic N) is 6.